The smallest absolute Gasteiger partial charge is 0.274 e. The Hall–Kier alpha value is -1.50. The third kappa shape index (κ3) is 3.07. The number of hydrogen-bond acceptors (Lipinski definition) is 4. The van der Waals surface area contributed by atoms with Crippen molar-refractivity contribution >= 4 is 5.91 Å². The van der Waals surface area contributed by atoms with Crippen LogP contribution in [-0.2, 0) is 13.0 Å². The number of amides is 1. The van der Waals surface area contributed by atoms with Crippen LogP contribution in [0.4, 0.5) is 4.39 Å². The van der Waals surface area contributed by atoms with Crippen molar-refractivity contribution in [1.82, 2.24) is 15.3 Å². The van der Waals surface area contributed by atoms with Crippen LogP contribution >= 0.6 is 0 Å². The Morgan fingerprint density at radius 3 is 2.92 bits per heavy atom. The largest absolute Gasteiger partial charge is 0.306 e. The highest BCUT2D eigenvalue weighted by atomic mass is 19.1. The van der Waals surface area contributed by atoms with Gasteiger partial charge in [0, 0.05) is 36.8 Å². The molecule has 1 saturated heterocycles. The molecule has 1 spiro atoms. The highest BCUT2D eigenvalue weighted by Gasteiger charge is 2.45. The van der Waals surface area contributed by atoms with E-state index < -0.39 is 5.91 Å². The number of nitrogens with one attached hydrogen (secondary N) is 1. The molecular formula is C19H26FN3O2. The molecule has 5 nitrogen and oxygen atoms in total. The summed E-state index contributed by atoms with van der Waals surface area (Å²) in [6.07, 6.45) is 5.75. The van der Waals surface area contributed by atoms with Gasteiger partial charge in [-0.05, 0) is 68.8 Å². The fourth-order valence-electron chi connectivity index (χ4n) is 5.16. The van der Waals surface area contributed by atoms with Crippen LogP contribution < -0.4 is 5.48 Å². The van der Waals surface area contributed by atoms with Gasteiger partial charge >= 0.3 is 0 Å². The van der Waals surface area contributed by atoms with Crippen LogP contribution in [0, 0.1) is 11.2 Å². The summed E-state index contributed by atoms with van der Waals surface area (Å²) in [4.78, 5) is 16.4. The molecule has 2 atom stereocenters. The maximum Gasteiger partial charge on any atom is 0.274 e. The molecule has 1 aromatic rings. The second kappa shape index (κ2) is 6.34. The monoisotopic (exact) mass is 347 g/mol. The minimum Gasteiger partial charge on any atom is -0.306 e. The predicted octanol–water partition coefficient (Wildman–Crippen LogP) is 2.18. The van der Waals surface area contributed by atoms with Gasteiger partial charge in [0.15, 0.2) is 0 Å². The molecule has 2 N–H and O–H groups in total. The van der Waals surface area contributed by atoms with Gasteiger partial charge in [-0.1, -0.05) is 0 Å². The summed E-state index contributed by atoms with van der Waals surface area (Å²) in [6, 6.07) is 3.48. The topological polar surface area (TPSA) is 55.8 Å². The molecule has 0 aromatic heterocycles. The Bertz CT molecular complexity index is 695. The van der Waals surface area contributed by atoms with Crippen molar-refractivity contribution in [3.05, 3.63) is 34.6 Å². The number of carbonyl (C=O) groups excluding carboxylic acids is 1. The molecule has 2 heterocycles. The molecule has 0 unspecified atom stereocenters. The average Bonchev–Trinajstić information content (AvgIpc) is 3.20. The molecule has 3 aliphatic rings. The number of hydrogen-bond donors (Lipinski definition) is 2. The van der Waals surface area contributed by atoms with Crippen molar-refractivity contribution in [3.8, 4) is 0 Å². The average molecular weight is 347 g/mol. The van der Waals surface area contributed by atoms with Gasteiger partial charge in [0.2, 0.25) is 0 Å². The second-order valence-electron chi connectivity index (χ2n) is 8.14. The first kappa shape index (κ1) is 16.9. The summed E-state index contributed by atoms with van der Waals surface area (Å²) in [5, 5.41) is 8.75. The van der Waals surface area contributed by atoms with Crippen molar-refractivity contribution in [1.29, 1.82) is 0 Å². The van der Waals surface area contributed by atoms with E-state index in [-0.39, 0.29) is 11.4 Å². The Balaban J connectivity index is 1.49. The summed E-state index contributed by atoms with van der Waals surface area (Å²) >= 11 is 0. The minimum absolute atomic E-state index is 0.181. The number of fused-ring (bicyclic) bond motifs is 1. The van der Waals surface area contributed by atoms with Crippen LogP contribution in [-0.4, -0.2) is 53.6 Å². The van der Waals surface area contributed by atoms with Crippen LogP contribution in [0.25, 0.3) is 0 Å². The molecule has 4 rings (SSSR count). The number of rotatable bonds is 2. The lowest BCUT2D eigenvalue weighted by atomic mass is 9.85. The molecule has 1 amide bonds. The molecule has 0 radical (unpaired) electrons. The third-order valence-corrected chi connectivity index (χ3v) is 6.50. The maximum atomic E-state index is 14.5. The Morgan fingerprint density at radius 1 is 1.36 bits per heavy atom. The van der Waals surface area contributed by atoms with Crippen molar-refractivity contribution in [2.45, 2.75) is 44.7 Å². The summed E-state index contributed by atoms with van der Waals surface area (Å²) in [6.45, 7) is 3.92. The first-order valence-electron chi connectivity index (χ1n) is 9.18. The fraction of sp³-hybridized carbons (Fsp3) is 0.632. The first-order chi connectivity index (χ1) is 12.0. The van der Waals surface area contributed by atoms with Gasteiger partial charge in [-0.25, -0.2) is 9.87 Å². The molecule has 6 heteroatoms. The van der Waals surface area contributed by atoms with Gasteiger partial charge in [-0.15, -0.1) is 0 Å². The van der Waals surface area contributed by atoms with E-state index in [1.807, 2.05) is 0 Å². The summed E-state index contributed by atoms with van der Waals surface area (Å²) in [7, 11) is 2.20. The van der Waals surface area contributed by atoms with Gasteiger partial charge in [0.1, 0.15) is 5.82 Å². The predicted molar refractivity (Wildman–Crippen MR) is 92.0 cm³/mol. The van der Waals surface area contributed by atoms with Crippen LogP contribution in [0.2, 0.25) is 0 Å². The van der Waals surface area contributed by atoms with Gasteiger partial charge in [0.25, 0.3) is 5.91 Å². The van der Waals surface area contributed by atoms with E-state index >= 15 is 0 Å². The first-order valence-corrected chi connectivity index (χ1v) is 9.18. The van der Waals surface area contributed by atoms with E-state index in [9.17, 15) is 9.18 Å². The highest BCUT2D eigenvalue weighted by Crippen LogP contribution is 2.47. The van der Waals surface area contributed by atoms with E-state index in [0.717, 1.165) is 18.5 Å². The minimum atomic E-state index is -0.660. The molecule has 1 saturated carbocycles. The van der Waals surface area contributed by atoms with Gasteiger partial charge in [-0.2, -0.15) is 0 Å². The zero-order valence-electron chi connectivity index (χ0n) is 14.7. The molecule has 0 bridgehead atoms. The van der Waals surface area contributed by atoms with E-state index in [1.165, 1.54) is 44.8 Å². The van der Waals surface area contributed by atoms with Gasteiger partial charge in [-0.3, -0.25) is 14.9 Å². The van der Waals surface area contributed by atoms with Gasteiger partial charge < -0.3 is 4.90 Å². The van der Waals surface area contributed by atoms with E-state index in [1.54, 1.807) is 11.5 Å². The quantitative estimate of drug-likeness (QED) is 0.636. The lowest BCUT2D eigenvalue weighted by Crippen LogP contribution is -2.39. The van der Waals surface area contributed by atoms with Crippen molar-refractivity contribution in [2.75, 3.05) is 26.7 Å². The van der Waals surface area contributed by atoms with E-state index in [4.69, 9.17) is 5.21 Å². The Labute approximate surface area is 147 Å². The summed E-state index contributed by atoms with van der Waals surface area (Å²) < 4.78 is 14.5. The molecule has 25 heavy (non-hydrogen) atoms. The molecule has 1 aromatic carbocycles. The number of benzene rings is 1. The van der Waals surface area contributed by atoms with Crippen molar-refractivity contribution in [2.24, 2.45) is 5.41 Å². The SMILES string of the molecule is CN1CC[C@]2(CC[C@@H](N3CCc4cc(C(=O)NO)cc(F)c4C3)C2)C1. The number of likely N-dealkylation sites (tertiary alicyclic amines) is 1. The maximum absolute atomic E-state index is 14.5. The van der Waals surface area contributed by atoms with Crippen LogP contribution in [0.5, 0.6) is 0 Å². The number of halogens is 1. The van der Waals surface area contributed by atoms with Crippen LogP contribution in [0.15, 0.2) is 12.1 Å². The van der Waals surface area contributed by atoms with Crippen molar-refractivity contribution < 1.29 is 14.4 Å². The Morgan fingerprint density at radius 2 is 2.20 bits per heavy atom. The molecule has 1 aliphatic carbocycles. The van der Waals surface area contributed by atoms with E-state index in [0.29, 0.717) is 23.6 Å². The molecule has 136 valence electrons. The van der Waals surface area contributed by atoms with Gasteiger partial charge in [0.05, 0.1) is 0 Å². The normalized spacial score (nSPS) is 30.0. The second-order valence-corrected chi connectivity index (χ2v) is 8.14. The summed E-state index contributed by atoms with van der Waals surface area (Å²) in [5.41, 5.74) is 3.84. The van der Waals surface area contributed by atoms with Crippen molar-refractivity contribution in [3.63, 3.8) is 0 Å². The standard InChI is InChI=1S/C19H26FN3O2/c1-22-7-5-19(12-22)4-2-15(10-19)23-6-3-13-8-14(18(24)21-25)9-17(20)16(13)11-23/h8-9,15,25H,2-7,10-12H2,1H3,(H,21,24)/t15-,19+/m1/s1. The third-order valence-electron chi connectivity index (χ3n) is 6.50. The zero-order valence-corrected chi connectivity index (χ0v) is 14.7. The van der Waals surface area contributed by atoms with Crippen LogP contribution in [0.1, 0.15) is 47.2 Å². The molecule has 2 aliphatic heterocycles. The molecular weight excluding hydrogens is 321 g/mol. The highest BCUT2D eigenvalue weighted by molar-refractivity contribution is 5.93. The zero-order chi connectivity index (χ0) is 17.6. The lowest BCUT2D eigenvalue weighted by Gasteiger charge is -2.35. The molecule has 2 fully saturated rings. The Kier molecular flexibility index (Phi) is 4.30. The number of nitrogens with zero attached hydrogens (tertiary/aromatic N) is 2. The fourth-order valence-corrected chi connectivity index (χ4v) is 5.16. The van der Waals surface area contributed by atoms with E-state index in [2.05, 4.69) is 16.8 Å². The number of carbonyl (C=O) groups is 1. The van der Waals surface area contributed by atoms with Crippen LogP contribution in [0.3, 0.4) is 0 Å². The summed E-state index contributed by atoms with van der Waals surface area (Å²) in [5.74, 6) is -0.999. The number of hydroxylamine groups is 1. The lowest BCUT2D eigenvalue weighted by molar-refractivity contribution is 0.0705.